The van der Waals surface area contributed by atoms with Crippen LogP contribution in [-0.2, 0) is 22.6 Å². The molecule has 10 heteroatoms. The molecule has 0 bridgehead atoms. The number of hydrogen-bond acceptors (Lipinski definition) is 8. The summed E-state index contributed by atoms with van der Waals surface area (Å²) in [6.07, 6.45) is 1.95. The van der Waals surface area contributed by atoms with Crippen LogP contribution in [0.2, 0.25) is 0 Å². The summed E-state index contributed by atoms with van der Waals surface area (Å²) in [5.74, 6) is 0.597. The van der Waals surface area contributed by atoms with Gasteiger partial charge in [-0.15, -0.1) is 10.2 Å². The zero-order valence-corrected chi connectivity index (χ0v) is 27.4. The number of anilines is 1. The van der Waals surface area contributed by atoms with Gasteiger partial charge in [-0.1, -0.05) is 61.5 Å². The number of rotatable bonds is 10. The number of nitrogens with one attached hydrogen (secondary N) is 1. The van der Waals surface area contributed by atoms with Crippen LogP contribution in [0.25, 0.3) is 33.4 Å². The first-order valence-corrected chi connectivity index (χ1v) is 16.6. The highest BCUT2D eigenvalue weighted by Gasteiger charge is 2.34. The van der Waals surface area contributed by atoms with Crippen LogP contribution in [-0.4, -0.2) is 50.4 Å². The molecule has 9 nitrogen and oxygen atoms in total. The first-order chi connectivity index (χ1) is 22.1. The molecule has 2 amide bonds. The number of hydrogen-bond donors (Lipinski definition) is 2. The van der Waals surface area contributed by atoms with Crippen molar-refractivity contribution in [3.05, 3.63) is 88.4 Å². The van der Waals surface area contributed by atoms with Crippen molar-refractivity contribution >= 4 is 39.6 Å². The number of aryl methyl sites for hydroxylation is 2. The largest absolute Gasteiger partial charge is 0.421 e. The highest BCUT2D eigenvalue weighted by Crippen LogP contribution is 2.37. The average molecular weight is 638 g/mol. The first-order valence-electron chi connectivity index (χ1n) is 15.7. The summed E-state index contributed by atoms with van der Waals surface area (Å²) in [7, 11) is 0. The zero-order chi connectivity index (χ0) is 32.4. The van der Waals surface area contributed by atoms with Crippen LogP contribution in [0.15, 0.2) is 75.8 Å². The Kier molecular flexibility index (Phi) is 9.04. The van der Waals surface area contributed by atoms with Gasteiger partial charge >= 0.3 is 0 Å². The highest BCUT2D eigenvalue weighted by molar-refractivity contribution is 7.08. The van der Waals surface area contributed by atoms with Crippen molar-refractivity contribution in [2.45, 2.75) is 71.5 Å². The lowest BCUT2D eigenvalue weighted by atomic mass is 9.97. The second kappa shape index (κ2) is 13.2. The van der Waals surface area contributed by atoms with Crippen LogP contribution >= 0.6 is 11.3 Å². The molecule has 2 N–H and O–H groups in total. The number of amides is 2. The van der Waals surface area contributed by atoms with Gasteiger partial charge in [0.05, 0.1) is 12.1 Å². The molecule has 0 saturated heterocycles. The zero-order valence-electron chi connectivity index (χ0n) is 26.6. The Labute approximate surface area is 272 Å². The molecule has 1 unspecified atom stereocenters. The first kappa shape index (κ1) is 31.6. The number of aromatic nitrogens is 2. The highest BCUT2D eigenvalue weighted by atomic mass is 32.1. The Morgan fingerprint density at radius 1 is 1.09 bits per heavy atom. The molecule has 46 heavy (non-hydrogen) atoms. The van der Waals surface area contributed by atoms with Crippen molar-refractivity contribution in [1.82, 2.24) is 20.6 Å². The topological polar surface area (TPSA) is 112 Å². The molecule has 6 rings (SSSR count). The average Bonchev–Trinajstić information content (AvgIpc) is 3.68. The number of carbonyl (C=O) groups excluding carboxylic acids is 2. The number of nitrogens with zero attached hydrogens (tertiary/aromatic N) is 4. The van der Waals surface area contributed by atoms with E-state index in [4.69, 9.17) is 4.42 Å². The van der Waals surface area contributed by atoms with Gasteiger partial charge in [0, 0.05) is 42.1 Å². The summed E-state index contributed by atoms with van der Waals surface area (Å²) in [5, 5.41) is 29.2. The molecule has 0 fully saturated rings. The molecule has 3 aromatic carbocycles. The minimum Gasteiger partial charge on any atom is -0.421 e. The Balaban J connectivity index is 1.28. The van der Waals surface area contributed by atoms with E-state index in [9.17, 15) is 14.8 Å². The minimum absolute atomic E-state index is 0.0678. The predicted molar refractivity (Wildman–Crippen MR) is 181 cm³/mol. The van der Waals surface area contributed by atoms with E-state index < -0.39 is 11.6 Å². The lowest BCUT2D eigenvalue weighted by Gasteiger charge is -2.33. The van der Waals surface area contributed by atoms with Crippen LogP contribution in [0, 0.1) is 6.92 Å². The fraction of sp³-hybridized carbons (Fsp3) is 0.333. The lowest BCUT2D eigenvalue weighted by Crippen LogP contribution is -2.51. The van der Waals surface area contributed by atoms with E-state index in [1.807, 2.05) is 73.5 Å². The SMILES string of the molecule is CCCN(O)C(C)(C)CC(=O)NC1CCc2c(ccc3ccccc23)N(Cc2ccc(-c3cscc3-c3nnc(C)o3)cc2)C1=O. The molecule has 2 aromatic heterocycles. The minimum atomic E-state index is -0.765. The van der Waals surface area contributed by atoms with Crippen LogP contribution in [0.3, 0.4) is 0 Å². The smallest absolute Gasteiger partial charge is 0.249 e. The van der Waals surface area contributed by atoms with Crippen LogP contribution in [0.4, 0.5) is 5.69 Å². The number of thiophene rings is 1. The van der Waals surface area contributed by atoms with Gasteiger partial charge in [-0.25, -0.2) is 0 Å². The third-order valence-corrected chi connectivity index (χ3v) is 9.38. The van der Waals surface area contributed by atoms with Gasteiger partial charge in [-0.2, -0.15) is 16.4 Å². The maximum atomic E-state index is 14.3. The van der Waals surface area contributed by atoms with Gasteiger partial charge in [0.1, 0.15) is 6.04 Å². The molecule has 5 aromatic rings. The summed E-state index contributed by atoms with van der Waals surface area (Å²) in [6, 6.07) is 19.8. The number of benzene rings is 3. The normalized spacial score (nSPS) is 15.3. The summed E-state index contributed by atoms with van der Waals surface area (Å²) < 4.78 is 5.68. The van der Waals surface area contributed by atoms with E-state index >= 15 is 0 Å². The maximum Gasteiger partial charge on any atom is 0.249 e. The van der Waals surface area contributed by atoms with E-state index in [-0.39, 0.29) is 18.2 Å². The Morgan fingerprint density at radius 3 is 2.59 bits per heavy atom. The van der Waals surface area contributed by atoms with Crippen molar-refractivity contribution in [3.63, 3.8) is 0 Å². The molecule has 1 aliphatic rings. The van der Waals surface area contributed by atoms with Crippen molar-refractivity contribution in [1.29, 1.82) is 0 Å². The Hall–Kier alpha value is -4.38. The van der Waals surface area contributed by atoms with Crippen LogP contribution in [0.5, 0.6) is 0 Å². The van der Waals surface area contributed by atoms with Gasteiger partial charge in [-0.3, -0.25) is 9.59 Å². The summed E-state index contributed by atoms with van der Waals surface area (Å²) in [4.78, 5) is 29.4. The fourth-order valence-corrected chi connectivity index (χ4v) is 7.00. The van der Waals surface area contributed by atoms with Gasteiger partial charge in [0.25, 0.3) is 0 Å². The van der Waals surface area contributed by atoms with Gasteiger partial charge in [0.2, 0.25) is 23.6 Å². The van der Waals surface area contributed by atoms with E-state index in [2.05, 4.69) is 39.1 Å². The van der Waals surface area contributed by atoms with Crippen LogP contribution in [0.1, 0.15) is 57.1 Å². The molecule has 1 aliphatic heterocycles. The summed E-state index contributed by atoms with van der Waals surface area (Å²) >= 11 is 1.57. The van der Waals surface area contributed by atoms with Crippen LogP contribution < -0.4 is 10.2 Å². The van der Waals surface area contributed by atoms with Crippen molar-refractivity contribution in [3.8, 4) is 22.6 Å². The lowest BCUT2D eigenvalue weighted by molar-refractivity contribution is -0.169. The standard InChI is InChI=1S/C36H39N5O4S/c1-5-18-41(44)36(3,4)19-33(42)37-31-16-15-28-27-9-7-6-8-25(27)14-17-32(28)40(35(31)43)20-24-10-12-26(13-11-24)29-21-46-22-30(29)34-39-38-23(2)45-34/h6-14,17,21-22,31,44H,5,15-16,18-20H2,1-4H3,(H,37,42). The number of fused-ring (bicyclic) bond motifs is 3. The van der Waals surface area contributed by atoms with Gasteiger partial charge < -0.3 is 19.8 Å². The van der Waals surface area contributed by atoms with Crippen molar-refractivity contribution in [2.75, 3.05) is 11.4 Å². The van der Waals surface area contributed by atoms with Crippen molar-refractivity contribution in [2.24, 2.45) is 0 Å². The molecular formula is C36H39N5O4S. The molecule has 238 valence electrons. The quantitative estimate of drug-likeness (QED) is 0.156. The van der Waals surface area contributed by atoms with E-state index in [0.717, 1.165) is 50.7 Å². The summed E-state index contributed by atoms with van der Waals surface area (Å²) in [5.41, 5.74) is 5.07. The molecule has 0 radical (unpaired) electrons. The van der Waals surface area contributed by atoms with Crippen molar-refractivity contribution < 1.29 is 19.2 Å². The van der Waals surface area contributed by atoms with E-state index in [0.29, 0.717) is 37.7 Å². The molecule has 0 saturated carbocycles. The predicted octanol–water partition coefficient (Wildman–Crippen LogP) is 7.16. The molecule has 0 aliphatic carbocycles. The molecule has 1 atom stereocenters. The Bertz CT molecular complexity index is 1860. The van der Waals surface area contributed by atoms with E-state index in [1.54, 1.807) is 18.3 Å². The fourth-order valence-electron chi connectivity index (χ4n) is 6.16. The summed E-state index contributed by atoms with van der Waals surface area (Å²) in [6.45, 7) is 8.22. The molecule has 0 spiro atoms. The maximum absolute atomic E-state index is 14.3. The third-order valence-electron chi connectivity index (χ3n) is 8.64. The number of carbonyl (C=O) groups is 2. The Morgan fingerprint density at radius 2 is 1.85 bits per heavy atom. The van der Waals surface area contributed by atoms with Gasteiger partial charge in [-0.05, 0) is 72.0 Å². The molecule has 3 heterocycles. The third kappa shape index (κ3) is 6.46. The number of hydroxylamine groups is 2. The monoisotopic (exact) mass is 637 g/mol. The second-order valence-corrected chi connectivity index (χ2v) is 13.2. The molecular weight excluding hydrogens is 598 g/mol. The van der Waals surface area contributed by atoms with E-state index in [1.165, 1.54) is 5.06 Å². The van der Waals surface area contributed by atoms with Gasteiger partial charge in [0.15, 0.2) is 0 Å². The second-order valence-electron chi connectivity index (χ2n) is 12.5.